The maximum absolute atomic E-state index is 4.23. The van der Waals surface area contributed by atoms with Gasteiger partial charge in [-0.25, -0.2) is 0 Å². The first-order chi connectivity index (χ1) is 8.86. The first-order valence-electron chi connectivity index (χ1n) is 7.75. The van der Waals surface area contributed by atoms with Crippen LogP contribution in [0.25, 0.3) is 0 Å². The van der Waals surface area contributed by atoms with Crippen molar-refractivity contribution in [3.05, 3.63) is 30.1 Å². The van der Waals surface area contributed by atoms with E-state index in [4.69, 9.17) is 0 Å². The largest absolute Gasteiger partial charge is 0.264 e. The van der Waals surface area contributed by atoms with Gasteiger partial charge in [0, 0.05) is 12.4 Å². The average Bonchev–Trinajstić information content (AvgIpc) is 2.41. The SMILES string of the molecule is CCCCCCC(CCCC)Cc1cccnc1. The Hall–Kier alpha value is -0.850. The molecule has 1 aromatic rings. The van der Waals surface area contributed by atoms with E-state index in [0.29, 0.717) is 0 Å². The third-order valence-corrected chi connectivity index (χ3v) is 3.68. The van der Waals surface area contributed by atoms with Gasteiger partial charge in [0.1, 0.15) is 0 Å². The molecule has 0 fully saturated rings. The topological polar surface area (TPSA) is 12.9 Å². The molecule has 0 aliphatic rings. The fraction of sp³-hybridized carbons (Fsp3) is 0.706. The molecule has 18 heavy (non-hydrogen) atoms. The highest BCUT2D eigenvalue weighted by Gasteiger charge is 2.09. The van der Waals surface area contributed by atoms with Crippen LogP contribution in [0.2, 0.25) is 0 Å². The second-order valence-electron chi connectivity index (χ2n) is 5.42. The summed E-state index contributed by atoms with van der Waals surface area (Å²) in [7, 11) is 0. The van der Waals surface area contributed by atoms with Crippen molar-refractivity contribution >= 4 is 0 Å². The van der Waals surface area contributed by atoms with Crippen LogP contribution in [-0.4, -0.2) is 4.98 Å². The van der Waals surface area contributed by atoms with Crippen LogP contribution in [-0.2, 0) is 6.42 Å². The fourth-order valence-corrected chi connectivity index (χ4v) is 2.55. The van der Waals surface area contributed by atoms with Gasteiger partial charge in [-0.2, -0.15) is 0 Å². The number of rotatable bonds is 10. The van der Waals surface area contributed by atoms with Gasteiger partial charge in [-0.15, -0.1) is 0 Å². The van der Waals surface area contributed by atoms with E-state index in [1.54, 1.807) is 0 Å². The van der Waals surface area contributed by atoms with Crippen molar-refractivity contribution in [1.82, 2.24) is 4.98 Å². The number of hydrogen-bond donors (Lipinski definition) is 0. The van der Waals surface area contributed by atoms with Crippen LogP contribution in [0.15, 0.2) is 24.5 Å². The lowest BCUT2D eigenvalue weighted by atomic mass is 9.90. The summed E-state index contributed by atoms with van der Waals surface area (Å²) in [6.07, 6.45) is 16.1. The van der Waals surface area contributed by atoms with Gasteiger partial charge in [0.2, 0.25) is 0 Å². The molecule has 0 bridgehead atoms. The molecule has 1 rings (SSSR count). The van der Waals surface area contributed by atoms with Crippen molar-refractivity contribution in [3.63, 3.8) is 0 Å². The predicted molar refractivity (Wildman–Crippen MR) is 79.7 cm³/mol. The van der Waals surface area contributed by atoms with Crippen LogP contribution in [0, 0.1) is 5.92 Å². The molecular weight excluding hydrogens is 218 g/mol. The van der Waals surface area contributed by atoms with Crippen LogP contribution in [0.1, 0.15) is 70.8 Å². The maximum atomic E-state index is 4.23. The quantitative estimate of drug-likeness (QED) is 0.504. The Kier molecular flexibility index (Phi) is 8.54. The molecule has 0 saturated heterocycles. The van der Waals surface area contributed by atoms with Crippen LogP contribution in [0.5, 0.6) is 0 Å². The van der Waals surface area contributed by atoms with Crippen LogP contribution < -0.4 is 0 Å². The smallest absolute Gasteiger partial charge is 0.0299 e. The van der Waals surface area contributed by atoms with Gasteiger partial charge >= 0.3 is 0 Å². The van der Waals surface area contributed by atoms with Crippen molar-refractivity contribution in [3.8, 4) is 0 Å². The molecule has 102 valence electrons. The molecule has 1 heteroatoms. The molecule has 0 spiro atoms. The van der Waals surface area contributed by atoms with E-state index in [9.17, 15) is 0 Å². The van der Waals surface area contributed by atoms with Gasteiger partial charge in [-0.1, -0.05) is 71.3 Å². The zero-order valence-electron chi connectivity index (χ0n) is 12.2. The van der Waals surface area contributed by atoms with Gasteiger partial charge in [0.25, 0.3) is 0 Å². The van der Waals surface area contributed by atoms with Gasteiger partial charge in [0.15, 0.2) is 0 Å². The van der Waals surface area contributed by atoms with Crippen LogP contribution >= 0.6 is 0 Å². The lowest BCUT2D eigenvalue weighted by Crippen LogP contribution is -2.05. The second-order valence-corrected chi connectivity index (χ2v) is 5.42. The Morgan fingerprint density at radius 2 is 1.78 bits per heavy atom. The zero-order valence-corrected chi connectivity index (χ0v) is 12.2. The highest BCUT2D eigenvalue weighted by atomic mass is 14.6. The van der Waals surface area contributed by atoms with Crippen molar-refractivity contribution in [1.29, 1.82) is 0 Å². The lowest BCUT2D eigenvalue weighted by molar-refractivity contribution is 0.410. The Morgan fingerprint density at radius 3 is 2.44 bits per heavy atom. The Balaban J connectivity index is 2.35. The third-order valence-electron chi connectivity index (χ3n) is 3.68. The molecule has 1 aromatic heterocycles. The van der Waals surface area contributed by atoms with Crippen LogP contribution in [0.3, 0.4) is 0 Å². The molecule has 0 N–H and O–H groups in total. The number of aromatic nitrogens is 1. The molecule has 0 saturated carbocycles. The van der Waals surface area contributed by atoms with E-state index < -0.39 is 0 Å². The molecule has 1 unspecified atom stereocenters. The summed E-state index contributed by atoms with van der Waals surface area (Å²) >= 11 is 0. The molecule has 1 nitrogen and oxygen atoms in total. The second kappa shape index (κ2) is 10.1. The summed E-state index contributed by atoms with van der Waals surface area (Å²) in [6.45, 7) is 4.57. The highest BCUT2D eigenvalue weighted by molar-refractivity contribution is 5.09. The number of hydrogen-bond acceptors (Lipinski definition) is 1. The molecule has 0 amide bonds. The fourth-order valence-electron chi connectivity index (χ4n) is 2.55. The van der Waals surface area contributed by atoms with E-state index in [2.05, 4.69) is 31.0 Å². The minimum atomic E-state index is 0.867. The molecule has 0 radical (unpaired) electrons. The molecular formula is C17H29N. The van der Waals surface area contributed by atoms with Gasteiger partial charge in [0.05, 0.1) is 0 Å². The normalized spacial score (nSPS) is 12.6. The van der Waals surface area contributed by atoms with Gasteiger partial charge in [-0.05, 0) is 24.0 Å². The molecule has 0 aromatic carbocycles. The van der Waals surface area contributed by atoms with Crippen molar-refractivity contribution in [2.24, 2.45) is 5.92 Å². The van der Waals surface area contributed by atoms with Gasteiger partial charge < -0.3 is 0 Å². The minimum Gasteiger partial charge on any atom is -0.264 e. The van der Waals surface area contributed by atoms with Crippen LogP contribution in [0.4, 0.5) is 0 Å². The van der Waals surface area contributed by atoms with Gasteiger partial charge in [-0.3, -0.25) is 4.98 Å². The maximum Gasteiger partial charge on any atom is 0.0299 e. The minimum absolute atomic E-state index is 0.867. The third kappa shape index (κ3) is 6.78. The highest BCUT2D eigenvalue weighted by Crippen LogP contribution is 2.21. The summed E-state index contributed by atoms with van der Waals surface area (Å²) in [4.78, 5) is 4.23. The van der Waals surface area contributed by atoms with E-state index in [0.717, 1.165) is 5.92 Å². The summed E-state index contributed by atoms with van der Waals surface area (Å²) in [5.41, 5.74) is 1.41. The lowest BCUT2D eigenvalue weighted by Gasteiger charge is -2.16. The van der Waals surface area contributed by atoms with E-state index >= 15 is 0 Å². The van der Waals surface area contributed by atoms with E-state index in [1.807, 2.05) is 12.4 Å². The summed E-state index contributed by atoms with van der Waals surface area (Å²) in [6, 6.07) is 4.28. The molecule has 1 atom stereocenters. The molecule has 0 aliphatic carbocycles. The summed E-state index contributed by atoms with van der Waals surface area (Å²) < 4.78 is 0. The first kappa shape index (κ1) is 15.2. The monoisotopic (exact) mass is 247 g/mol. The standard InChI is InChI=1S/C17H29N/c1-3-5-7-8-11-16(10-6-4-2)14-17-12-9-13-18-15-17/h9,12-13,15-16H,3-8,10-11,14H2,1-2H3. The number of unbranched alkanes of at least 4 members (excludes halogenated alkanes) is 4. The Labute approximate surface area is 113 Å². The molecule has 1 heterocycles. The molecule has 0 aliphatic heterocycles. The first-order valence-corrected chi connectivity index (χ1v) is 7.75. The number of nitrogens with zero attached hydrogens (tertiary/aromatic N) is 1. The van der Waals surface area contributed by atoms with Crippen molar-refractivity contribution < 1.29 is 0 Å². The van der Waals surface area contributed by atoms with Crippen molar-refractivity contribution in [2.75, 3.05) is 0 Å². The Morgan fingerprint density at radius 1 is 1.00 bits per heavy atom. The Bertz CT molecular complexity index is 281. The predicted octanol–water partition coefficient (Wildman–Crippen LogP) is 5.40. The van der Waals surface area contributed by atoms with E-state index in [-0.39, 0.29) is 0 Å². The number of pyridine rings is 1. The average molecular weight is 247 g/mol. The van der Waals surface area contributed by atoms with E-state index in [1.165, 1.54) is 63.4 Å². The summed E-state index contributed by atoms with van der Waals surface area (Å²) in [5.74, 6) is 0.867. The van der Waals surface area contributed by atoms with Crippen molar-refractivity contribution in [2.45, 2.75) is 71.6 Å². The zero-order chi connectivity index (χ0) is 13.1. The summed E-state index contributed by atoms with van der Waals surface area (Å²) in [5, 5.41) is 0.